The quantitative estimate of drug-likeness (QED) is 0.783. The number of hydrogen-bond acceptors (Lipinski definition) is 6. The van der Waals surface area contributed by atoms with Gasteiger partial charge in [0.25, 0.3) is 0 Å². The van der Waals surface area contributed by atoms with E-state index in [2.05, 4.69) is 20.0 Å². The molecule has 0 atom stereocenters. The third-order valence-electron chi connectivity index (χ3n) is 2.39. The molecule has 1 aromatic heterocycles. The van der Waals surface area contributed by atoms with E-state index in [0.717, 1.165) is 0 Å². The molecule has 3 N–H and O–H groups in total. The van der Waals surface area contributed by atoms with Gasteiger partial charge in [0.15, 0.2) is 17.4 Å². The summed E-state index contributed by atoms with van der Waals surface area (Å²) in [4.78, 5) is 3.88. The Hall–Kier alpha value is -2.31. The van der Waals surface area contributed by atoms with Crippen molar-refractivity contribution in [2.75, 3.05) is 24.7 Å². The van der Waals surface area contributed by atoms with Gasteiger partial charge in [-0.25, -0.2) is 4.39 Å². The zero-order valence-corrected chi connectivity index (χ0v) is 9.81. The molecule has 2 aromatic rings. The Morgan fingerprint density at radius 1 is 1.50 bits per heavy atom. The molecule has 0 unspecified atom stereocenters. The lowest BCUT2D eigenvalue weighted by molar-refractivity contribution is 0.387. The van der Waals surface area contributed by atoms with Crippen LogP contribution in [0, 0.1) is 5.82 Å². The molecule has 0 saturated carbocycles. The number of hydrogen-bond donors (Lipinski definition) is 2. The van der Waals surface area contributed by atoms with Crippen molar-refractivity contribution in [2.24, 2.45) is 0 Å². The molecule has 0 spiro atoms. The number of halogens is 1. The van der Waals surface area contributed by atoms with Gasteiger partial charge >= 0.3 is 0 Å². The number of nitrogens with zero attached hydrogens (tertiary/aromatic N) is 2. The highest BCUT2D eigenvalue weighted by Crippen LogP contribution is 2.27. The first-order valence-corrected chi connectivity index (χ1v) is 5.33. The van der Waals surface area contributed by atoms with Crippen molar-refractivity contribution < 1.29 is 13.7 Å². The highest BCUT2D eigenvalue weighted by atomic mass is 19.1. The standard InChI is InChI=1S/C11H13FN4O2/c1-17-10-5-9(8(13)4-7(10)12)14-3-2-11-15-6-18-16-11/h4-6,14H,2-3,13H2,1H3. The van der Waals surface area contributed by atoms with Crippen LogP contribution in [0.2, 0.25) is 0 Å². The van der Waals surface area contributed by atoms with Crippen molar-refractivity contribution in [2.45, 2.75) is 6.42 Å². The Balaban J connectivity index is 2.00. The van der Waals surface area contributed by atoms with Crippen LogP contribution in [0.25, 0.3) is 0 Å². The first-order valence-electron chi connectivity index (χ1n) is 5.33. The number of anilines is 2. The Labute approximate surface area is 103 Å². The molecular weight excluding hydrogens is 239 g/mol. The number of methoxy groups -OCH3 is 1. The average molecular weight is 252 g/mol. The summed E-state index contributed by atoms with van der Waals surface area (Å²) in [6.45, 7) is 0.554. The maximum Gasteiger partial charge on any atom is 0.213 e. The number of ether oxygens (including phenoxy) is 1. The van der Waals surface area contributed by atoms with Gasteiger partial charge in [-0.2, -0.15) is 4.98 Å². The summed E-state index contributed by atoms with van der Waals surface area (Å²) in [5.74, 6) is 0.250. The van der Waals surface area contributed by atoms with Crippen LogP contribution in [0.15, 0.2) is 23.0 Å². The highest BCUT2D eigenvalue weighted by Gasteiger charge is 2.08. The van der Waals surface area contributed by atoms with Crippen LogP contribution in [0.4, 0.5) is 15.8 Å². The molecule has 0 bridgehead atoms. The highest BCUT2D eigenvalue weighted by molar-refractivity contribution is 5.68. The van der Waals surface area contributed by atoms with Gasteiger partial charge in [0.05, 0.1) is 18.5 Å². The zero-order valence-electron chi connectivity index (χ0n) is 9.81. The second kappa shape index (κ2) is 5.35. The van der Waals surface area contributed by atoms with Crippen LogP contribution in [-0.4, -0.2) is 23.8 Å². The summed E-state index contributed by atoms with van der Waals surface area (Å²) in [6.07, 6.45) is 1.85. The van der Waals surface area contributed by atoms with Crippen molar-refractivity contribution >= 4 is 11.4 Å². The molecule has 1 aromatic carbocycles. The van der Waals surface area contributed by atoms with E-state index in [9.17, 15) is 4.39 Å². The van der Waals surface area contributed by atoms with Gasteiger partial charge in [0, 0.05) is 25.1 Å². The van der Waals surface area contributed by atoms with Crippen LogP contribution in [0.1, 0.15) is 5.82 Å². The van der Waals surface area contributed by atoms with Gasteiger partial charge in [-0.1, -0.05) is 5.16 Å². The average Bonchev–Trinajstić information content (AvgIpc) is 2.85. The van der Waals surface area contributed by atoms with Gasteiger partial charge in [-0.05, 0) is 0 Å². The number of rotatable bonds is 5. The topological polar surface area (TPSA) is 86.2 Å². The Morgan fingerprint density at radius 2 is 2.33 bits per heavy atom. The lowest BCUT2D eigenvalue weighted by Crippen LogP contribution is -2.08. The van der Waals surface area contributed by atoms with E-state index in [1.165, 1.54) is 25.6 Å². The largest absolute Gasteiger partial charge is 0.494 e. The van der Waals surface area contributed by atoms with E-state index < -0.39 is 5.82 Å². The predicted molar refractivity (Wildman–Crippen MR) is 63.9 cm³/mol. The predicted octanol–water partition coefficient (Wildman–Crippen LogP) is 1.45. The first kappa shape index (κ1) is 12.2. The van der Waals surface area contributed by atoms with E-state index >= 15 is 0 Å². The van der Waals surface area contributed by atoms with Crippen molar-refractivity contribution in [3.63, 3.8) is 0 Å². The summed E-state index contributed by atoms with van der Waals surface area (Å²) in [5, 5.41) is 6.74. The minimum atomic E-state index is -0.487. The SMILES string of the molecule is COc1cc(NCCc2ncon2)c(N)cc1F. The Kier molecular flexibility index (Phi) is 3.61. The molecule has 0 aliphatic heterocycles. The molecule has 0 radical (unpaired) electrons. The van der Waals surface area contributed by atoms with E-state index in [-0.39, 0.29) is 5.75 Å². The number of nitrogens with two attached hydrogens (primary N) is 1. The number of nitrogen functional groups attached to an aromatic ring is 1. The Bertz CT molecular complexity index is 516. The number of benzene rings is 1. The van der Waals surface area contributed by atoms with Crippen LogP contribution in [0.3, 0.4) is 0 Å². The fourth-order valence-corrected chi connectivity index (χ4v) is 1.49. The van der Waals surface area contributed by atoms with Crippen molar-refractivity contribution in [1.82, 2.24) is 10.1 Å². The molecule has 0 aliphatic rings. The first-order chi connectivity index (χ1) is 8.70. The number of aromatic nitrogens is 2. The van der Waals surface area contributed by atoms with Gasteiger partial charge in [0.1, 0.15) is 0 Å². The van der Waals surface area contributed by atoms with Crippen molar-refractivity contribution in [3.05, 3.63) is 30.2 Å². The molecule has 7 heteroatoms. The third kappa shape index (κ3) is 2.68. The summed E-state index contributed by atoms with van der Waals surface area (Å²) >= 11 is 0. The minimum Gasteiger partial charge on any atom is -0.494 e. The summed E-state index contributed by atoms with van der Waals surface area (Å²) < 4.78 is 22.8. The molecule has 96 valence electrons. The monoisotopic (exact) mass is 252 g/mol. The Morgan fingerprint density at radius 3 is 3.00 bits per heavy atom. The van der Waals surface area contributed by atoms with Crippen molar-refractivity contribution in [1.29, 1.82) is 0 Å². The van der Waals surface area contributed by atoms with E-state index in [0.29, 0.717) is 30.2 Å². The summed E-state index contributed by atoms with van der Waals surface area (Å²) in [7, 11) is 1.40. The van der Waals surface area contributed by atoms with E-state index in [4.69, 9.17) is 10.5 Å². The minimum absolute atomic E-state index is 0.145. The fraction of sp³-hybridized carbons (Fsp3) is 0.273. The molecular formula is C11H13FN4O2. The lowest BCUT2D eigenvalue weighted by atomic mass is 10.2. The van der Waals surface area contributed by atoms with Gasteiger partial charge in [-0.3, -0.25) is 0 Å². The van der Waals surface area contributed by atoms with E-state index in [1.807, 2.05) is 0 Å². The molecule has 0 amide bonds. The molecule has 18 heavy (non-hydrogen) atoms. The lowest BCUT2D eigenvalue weighted by Gasteiger charge is -2.11. The second-order valence-electron chi connectivity index (χ2n) is 3.60. The van der Waals surface area contributed by atoms with E-state index in [1.54, 1.807) is 0 Å². The molecule has 2 rings (SSSR count). The maximum absolute atomic E-state index is 13.3. The van der Waals surface area contributed by atoms with Gasteiger partial charge in [-0.15, -0.1) is 0 Å². The fourth-order valence-electron chi connectivity index (χ4n) is 1.49. The molecule has 1 heterocycles. The van der Waals surface area contributed by atoms with Crippen molar-refractivity contribution in [3.8, 4) is 5.75 Å². The third-order valence-corrected chi connectivity index (χ3v) is 2.39. The summed E-state index contributed by atoms with van der Waals surface area (Å²) in [5.41, 5.74) is 6.63. The van der Waals surface area contributed by atoms with Crippen LogP contribution < -0.4 is 15.8 Å². The smallest absolute Gasteiger partial charge is 0.213 e. The van der Waals surface area contributed by atoms with Gasteiger partial charge < -0.3 is 20.3 Å². The zero-order chi connectivity index (χ0) is 13.0. The number of nitrogens with one attached hydrogen (secondary N) is 1. The maximum atomic E-state index is 13.3. The van der Waals surface area contributed by atoms with Crippen LogP contribution in [0.5, 0.6) is 5.75 Å². The van der Waals surface area contributed by atoms with Gasteiger partial charge in [0.2, 0.25) is 6.39 Å². The molecule has 0 aliphatic carbocycles. The van der Waals surface area contributed by atoms with Crippen LogP contribution >= 0.6 is 0 Å². The second-order valence-corrected chi connectivity index (χ2v) is 3.60. The normalized spacial score (nSPS) is 10.3. The summed E-state index contributed by atoms with van der Waals surface area (Å²) in [6, 6.07) is 2.73. The molecule has 0 fully saturated rings. The molecule has 0 saturated heterocycles. The molecule has 6 nitrogen and oxygen atoms in total. The van der Waals surface area contributed by atoms with Crippen LogP contribution in [-0.2, 0) is 6.42 Å².